The fourth-order valence-corrected chi connectivity index (χ4v) is 1.46. The van der Waals surface area contributed by atoms with Crippen molar-refractivity contribution in [3.63, 3.8) is 0 Å². The molecule has 0 amide bonds. The molecule has 0 spiro atoms. The van der Waals surface area contributed by atoms with Crippen molar-refractivity contribution in [3.05, 3.63) is 35.1 Å². The van der Waals surface area contributed by atoms with Crippen LogP contribution in [0.1, 0.15) is 49.0 Å². The van der Waals surface area contributed by atoms with Gasteiger partial charge in [-0.3, -0.25) is 4.79 Å². The van der Waals surface area contributed by atoms with Crippen LogP contribution in [0.4, 0.5) is 4.39 Å². The Morgan fingerprint density at radius 1 is 1.43 bits per heavy atom. The Kier molecular flexibility index (Phi) is 3.39. The van der Waals surface area contributed by atoms with Crippen LogP contribution in [-0.4, -0.2) is 5.78 Å². The minimum atomic E-state index is -0.341. The molecule has 0 saturated carbocycles. The molecule has 0 N–H and O–H groups in total. The second-order valence-corrected chi connectivity index (χ2v) is 3.66. The van der Waals surface area contributed by atoms with Crippen molar-refractivity contribution < 1.29 is 9.18 Å². The molecule has 2 heteroatoms. The number of Topliss-reactive ketones (excluding diaryl/α,β-unsaturated/α-hetero) is 1. The summed E-state index contributed by atoms with van der Waals surface area (Å²) in [6.07, 6.45) is 0.420. The molecule has 1 rings (SSSR count). The van der Waals surface area contributed by atoms with E-state index in [1.165, 1.54) is 12.1 Å². The molecule has 0 fully saturated rings. The first-order chi connectivity index (χ1) is 6.56. The molecule has 76 valence electrons. The average Bonchev–Trinajstić information content (AvgIpc) is 2.16. The van der Waals surface area contributed by atoms with Crippen LogP contribution in [0, 0.1) is 5.82 Å². The smallest absolute Gasteiger partial charge is 0.162 e. The standard InChI is InChI=1S/C12H15FO/c1-4-12(14)11-7-9(13)5-6-10(11)8(2)3/h5-8H,4H2,1-3H3. The van der Waals surface area contributed by atoms with Crippen LogP contribution < -0.4 is 0 Å². The number of carbonyl (C=O) groups is 1. The van der Waals surface area contributed by atoms with Crippen LogP contribution in [-0.2, 0) is 0 Å². The van der Waals surface area contributed by atoms with Crippen molar-refractivity contribution >= 4 is 5.78 Å². The van der Waals surface area contributed by atoms with Crippen LogP contribution >= 0.6 is 0 Å². The lowest BCUT2D eigenvalue weighted by Crippen LogP contribution is -2.04. The normalized spacial score (nSPS) is 10.6. The van der Waals surface area contributed by atoms with Gasteiger partial charge in [0.1, 0.15) is 5.82 Å². The van der Waals surface area contributed by atoms with Gasteiger partial charge in [0.25, 0.3) is 0 Å². The highest BCUT2D eigenvalue weighted by Crippen LogP contribution is 2.21. The van der Waals surface area contributed by atoms with E-state index in [4.69, 9.17) is 0 Å². The molecule has 1 aromatic rings. The maximum atomic E-state index is 13.0. The minimum Gasteiger partial charge on any atom is -0.294 e. The molecular weight excluding hydrogens is 179 g/mol. The third-order valence-corrected chi connectivity index (χ3v) is 2.26. The number of carbonyl (C=O) groups excluding carboxylic acids is 1. The van der Waals surface area contributed by atoms with E-state index < -0.39 is 0 Å². The first kappa shape index (κ1) is 10.9. The number of rotatable bonds is 3. The summed E-state index contributed by atoms with van der Waals surface area (Å²) in [6, 6.07) is 4.44. The summed E-state index contributed by atoms with van der Waals surface area (Å²) < 4.78 is 13.0. The maximum Gasteiger partial charge on any atom is 0.162 e. The van der Waals surface area contributed by atoms with Gasteiger partial charge in [-0.15, -0.1) is 0 Å². The van der Waals surface area contributed by atoms with E-state index in [0.717, 1.165) is 5.56 Å². The number of halogens is 1. The largest absolute Gasteiger partial charge is 0.294 e. The number of hydrogen-bond donors (Lipinski definition) is 0. The van der Waals surface area contributed by atoms with Crippen molar-refractivity contribution in [3.8, 4) is 0 Å². The summed E-state index contributed by atoms with van der Waals surface area (Å²) in [7, 11) is 0. The number of ketones is 1. The van der Waals surface area contributed by atoms with Gasteiger partial charge in [-0.1, -0.05) is 26.8 Å². The lowest BCUT2D eigenvalue weighted by Gasteiger charge is -2.10. The van der Waals surface area contributed by atoms with Gasteiger partial charge in [-0.25, -0.2) is 4.39 Å². The van der Waals surface area contributed by atoms with Crippen LogP contribution in [0.2, 0.25) is 0 Å². The molecule has 0 heterocycles. The van der Waals surface area contributed by atoms with Gasteiger partial charge in [-0.05, 0) is 23.6 Å². The second kappa shape index (κ2) is 4.36. The molecule has 1 nitrogen and oxygen atoms in total. The molecule has 0 aromatic heterocycles. The van der Waals surface area contributed by atoms with Crippen molar-refractivity contribution in [2.75, 3.05) is 0 Å². The Balaban J connectivity index is 3.22. The van der Waals surface area contributed by atoms with Gasteiger partial charge >= 0.3 is 0 Å². The second-order valence-electron chi connectivity index (χ2n) is 3.66. The number of benzene rings is 1. The molecule has 0 radical (unpaired) electrons. The predicted octanol–water partition coefficient (Wildman–Crippen LogP) is 3.54. The molecule has 0 atom stereocenters. The Morgan fingerprint density at radius 2 is 2.07 bits per heavy atom. The molecule has 0 aliphatic carbocycles. The first-order valence-corrected chi connectivity index (χ1v) is 4.89. The minimum absolute atomic E-state index is 0.00759. The van der Waals surface area contributed by atoms with E-state index >= 15 is 0 Å². The van der Waals surface area contributed by atoms with Gasteiger partial charge in [0, 0.05) is 12.0 Å². The van der Waals surface area contributed by atoms with Crippen LogP contribution in [0.5, 0.6) is 0 Å². The summed E-state index contributed by atoms with van der Waals surface area (Å²) in [5.74, 6) is -0.0829. The lowest BCUT2D eigenvalue weighted by atomic mass is 9.94. The number of hydrogen-bond acceptors (Lipinski definition) is 1. The zero-order chi connectivity index (χ0) is 10.7. The molecule has 0 bridgehead atoms. The Labute approximate surface area is 83.9 Å². The molecular formula is C12H15FO. The van der Waals surface area contributed by atoms with Gasteiger partial charge in [0.15, 0.2) is 5.78 Å². The van der Waals surface area contributed by atoms with Crippen LogP contribution in [0.3, 0.4) is 0 Å². The summed E-state index contributed by atoms with van der Waals surface area (Å²) in [6.45, 7) is 5.79. The molecule has 1 aromatic carbocycles. The zero-order valence-electron chi connectivity index (χ0n) is 8.80. The SMILES string of the molecule is CCC(=O)c1cc(F)ccc1C(C)C. The summed E-state index contributed by atoms with van der Waals surface area (Å²) in [5.41, 5.74) is 1.46. The topological polar surface area (TPSA) is 17.1 Å². The molecule has 0 aliphatic heterocycles. The van der Waals surface area contributed by atoms with E-state index in [9.17, 15) is 9.18 Å². The van der Waals surface area contributed by atoms with Gasteiger partial charge in [0.05, 0.1) is 0 Å². The van der Waals surface area contributed by atoms with Crippen LogP contribution in [0.15, 0.2) is 18.2 Å². The van der Waals surface area contributed by atoms with Crippen molar-refractivity contribution in [1.82, 2.24) is 0 Å². The fourth-order valence-electron chi connectivity index (χ4n) is 1.46. The Morgan fingerprint density at radius 3 is 2.57 bits per heavy atom. The fraction of sp³-hybridized carbons (Fsp3) is 0.417. The first-order valence-electron chi connectivity index (χ1n) is 4.89. The van der Waals surface area contributed by atoms with Gasteiger partial charge in [-0.2, -0.15) is 0 Å². The van der Waals surface area contributed by atoms with E-state index in [2.05, 4.69) is 0 Å². The lowest BCUT2D eigenvalue weighted by molar-refractivity contribution is 0.0986. The highest BCUT2D eigenvalue weighted by atomic mass is 19.1. The average molecular weight is 194 g/mol. The molecule has 14 heavy (non-hydrogen) atoms. The summed E-state index contributed by atoms with van der Waals surface area (Å²) >= 11 is 0. The third kappa shape index (κ3) is 2.19. The highest BCUT2D eigenvalue weighted by molar-refractivity contribution is 5.97. The molecule has 0 aliphatic rings. The van der Waals surface area contributed by atoms with E-state index in [-0.39, 0.29) is 17.5 Å². The summed E-state index contributed by atoms with van der Waals surface area (Å²) in [5, 5.41) is 0. The van der Waals surface area contributed by atoms with Crippen molar-refractivity contribution in [2.45, 2.75) is 33.1 Å². The predicted molar refractivity (Wildman–Crippen MR) is 55.1 cm³/mol. The highest BCUT2D eigenvalue weighted by Gasteiger charge is 2.12. The summed E-state index contributed by atoms with van der Waals surface area (Å²) in [4.78, 5) is 11.5. The van der Waals surface area contributed by atoms with Crippen molar-refractivity contribution in [1.29, 1.82) is 0 Å². The zero-order valence-corrected chi connectivity index (χ0v) is 8.80. The van der Waals surface area contributed by atoms with Gasteiger partial charge < -0.3 is 0 Å². The van der Waals surface area contributed by atoms with Gasteiger partial charge in [0.2, 0.25) is 0 Å². The van der Waals surface area contributed by atoms with E-state index in [1.54, 1.807) is 13.0 Å². The quantitative estimate of drug-likeness (QED) is 0.672. The monoisotopic (exact) mass is 194 g/mol. The Hall–Kier alpha value is -1.18. The van der Waals surface area contributed by atoms with Crippen molar-refractivity contribution in [2.24, 2.45) is 0 Å². The molecule has 0 saturated heterocycles. The maximum absolute atomic E-state index is 13.0. The van der Waals surface area contributed by atoms with E-state index in [0.29, 0.717) is 12.0 Å². The third-order valence-electron chi connectivity index (χ3n) is 2.26. The Bertz CT molecular complexity index is 342. The van der Waals surface area contributed by atoms with Crippen LogP contribution in [0.25, 0.3) is 0 Å². The molecule has 0 unspecified atom stereocenters. The van der Waals surface area contributed by atoms with E-state index in [1.807, 2.05) is 13.8 Å².